The zero-order chi connectivity index (χ0) is 101. The fourth-order valence-electron chi connectivity index (χ4n) is 14.8. The number of aromatic nitrogens is 16. The Labute approximate surface area is 803 Å². The predicted molar refractivity (Wildman–Crippen MR) is 502 cm³/mol. The van der Waals surface area contributed by atoms with Crippen molar-refractivity contribution in [2.45, 2.75) is 63.6 Å². The molecular weight excluding hydrogens is 1900 g/mol. The SMILES string of the molecule is O=C(Nc1nn(Cc2ccc(C(F)(F)F)cc2)c2ccccc12)c1ccccn1.O=C(Nc1nn(Cc2ccc(C(F)(F)F)cc2)c2ccccc12)c1cccnc1.O=C(Nc1nn(Cc2ccc(C(F)(F)F)cc2)c2ccccc12)c1cnccn1.O=C(Nc1nn(Cc2ccc(C(F)(F)F)cc2)c2ccccc12)c1cncnc1.O=C(Nc1nn(Cc2ccccc2C(F)(F)F)c2ccccc12)c1ccoc1. The van der Waals surface area contributed by atoms with Crippen molar-refractivity contribution in [2.24, 2.45) is 0 Å². The molecule has 0 radical (unpaired) electrons. The summed E-state index contributed by atoms with van der Waals surface area (Å²) in [6, 6.07) is 71.1. The summed E-state index contributed by atoms with van der Waals surface area (Å²) in [5.74, 6) is -0.322. The van der Waals surface area contributed by atoms with Crippen LogP contribution in [0.1, 0.15) is 108 Å². The molecule has 0 unspecified atom stereocenters. The van der Waals surface area contributed by atoms with Crippen LogP contribution in [0.3, 0.4) is 0 Å². The number of anilines is 5. The highest BCUT2D eigenvalue weighted by Crippen LogP contribution is 2.38. The van der Waals surface area contributed by atoms with E-state index < -0.39 is 82.3 Å². The van der Waals surface area contributed by atoms with Crippen molar-refractivity contribution in [1.29, 1.82) is 0 Å². The predicted octanol–water partition coefficient (Wildman–Crippen LogP) is 22.7. The molecule has 42 heteroatoms. The second-order valence-corrected chi connectivity index (χ2v) is 31.5. The number of carbonyl (C=O) groups excluding carboxylic acids is 5. The van der Waals surface area contributed by atoms with E-state index in [1.165, 1.54) is 134 Å². The second-order valence-electron chi connectivity index (χ2n) is 31.5. The number of halogens is 15. The van der Waals surface area contributed by atoms with Gasteiger partial charge in [0.1, 0.15) is 24.0 Å². The van der Waals surface area contributed by atoms with Crippen molar-refractivity contribution in [3.63, 3.8) is 0 Å². The number of hydrogen-bond acceptors (Lipinski definition) is 17. The Morgan fingerprint density at radius 1 is 0.264 bits per heavy atom. The molecule has 726 valence electrons. The number of carbonyl (C=O) groups is 5. The maximum atomic E-state index is 13.3. The van der Waals surface area contributed by atoms with Gasteiger partial charge in [0, 0.05) is 70.3 Å². The van der Waals surface area contributed by atoms with Crippen molar-refractivity contribution in [3.05, 3.63) is 431 Å². The van der Waals surface area contributed by atoms with Crippen molar-refractivity contribution in [3.8, 4) is 0 Å². The van der Waals surface area contributed by atoms with E-state index in [0.29, 0.717) is 78.3 Å². The van der Waals surface area contributed by atoms with E-state index in [1.54, 1.807) is 91.7 Å². The number of amides is 5. The quantitative estimate of drug-likeness (QED) is 0.0443. The van der Waals surface area contributed by atoms with E-state index in [0.717, 1.165) is 87.4 Å². The van der Waals surface area contributed by atoms with E-state index in [1.807, 2.05) is 91.0 Å². The van der Waals surface area contributed by atoms with E-state index in [2.05, 4.69) is 82.0 Å². The van der Waals surface area contributed by atoms with Crippen molar-refractivity contribution in [2.75, 3.05) is 26.6 Å². The first-order chi connectivity index (χ1) is 69.1. The van der Waals surface area contributed by atoms with Crippen LogP contribution in [0.2, 0.25) is 0 Å². The van der Waals surface area contributed by atoms with Crippen molar-refractivity contribution in [1.82, 2.24) is 78.8 Å². The number of furan rings is 1. The lowest BCUT2D eigenvalue weighted by Crippen LogP contribution is -2.14. The van der Waals surface area contributed by atoms with Crippen molar-refractivity contribution < 1.29 is 94.2 Å². The summed E-state index contributed by atoms with van der Waals surface area (Å²) < 4.78 is 206. The summed E-state index contributed by atoms with van der Waals surface area (Å²) in [5, 5.41) is 39.3. The van der Waals surface area contributed by atoms with E-state index >= 15 is 0 Å². The zero-order valence-corrected chi connectivity index (χ0v) is 74.2. The molecule has 20 aromatic rings. The van der Waals surface area contributed by atoms with Gasteiger partial charge in [-0.2, -0.15) is 91.3 Å². The Kier molecular flexibility index (Phi) is 29.4. The van der Waals surface area contributed by atoms with Crippen LogP contribution in [0, 0.1) is 0 Å². The lowest BCUT2D eigenvalue weighted by molar-refractivity contribution is -0.139. The molecule has 5 N–H and O–H groups in total. The largest absolute Gasteiger partial charge is 0.472 e. The Balaban J connectivity index is 0.000000129. The van der Waals surface area contributed by atoms with Crippen LogP contribution in [0.25, 0.3) is 54.5 Å². The Morgan fingerprint density at radius 2 is 0.583 bits per heavy atom. The van der Waals surface area contributed by atoms with Crippen LogP contribution in [0.15, 0.2) is 352 Å². The van der Waals surface area contributed by atoms with E-state index in [9.17, 15) is 89.8 Å². The first kappa shape index (κ1) is 98.6. The van der Waals surface area contributed by atoms with Crippen LogP contribution in [0.5, 0.6) is 0 Å². The average Bonchev–Trinajstić information content (AvgIpc) is 1.66. The monoisotopic (exact) mass is 1970 g/mol. The summed E-state index contributed by atoms with van der Waals surface area (Å²) >= 11 is 0. The third kappa shape index (κ3) is 24.3. The zero-order valence-electron chi connectivity index (χ0n) is 74.2. The van der Waals surface area contributed by atoms with Gasteiger partial charge in [-0.05, 0) is 173 Å². The molecule has 0 saturated carbocycles. The summed E-state index contributed by atoms with van der Waals surface area (Å²) in [7, 11) is 0. The molecule has 0 spiro atoms. The molecule has 0 aliphatic carbocycles. The molecule has 0 bridgehead atoms. The lowest BCUT2D eigenvalue weighted by atomic mass is 10.1. The highest BCUT2D eigenvalue weighted by atomic mass is 19.4. The van der Waals surface area contributed by atoms with Gasteiger partial charge < -0.3 is 31.0 Å². The number of rotatable bonds is 20. The maximum Gasteiger partial charge on any atom is 0.416 e. The van der Waals surface area contributed by atoms with Crippen LogP contribution < -0.4 is 26.6 Å². The van der Waals surface area contributed by atoms with Gasteiger partial charge in [-0.15, -0.1) is 0 Å². The van der Waals surface area contributed by atoms with Gasteiger partial charge in [0.2, 0.25) is 0 Å². The molecule has 27 nitrogen and oxygen atoms in total. The minimum absolute atomic E-state index is 0.0855. The average molecular weight is 1970 g/mol. The highest BCUT2D eigenvalue weighted by Gasteiger charge is 2.36. The van der Waals surface area contributed by atoms with Crippen molar-refractivity contribution >= 4 is 113 Å². The molecular formula is C102H72F15N21O6. The minimum atomic E-state index is -4.46. The van der Waals surface area contributed by atoms with Crippen LogP contribution in [0.4, 0.5) is 94.9 Å². The Hall–Kier alpha value is -18.4. The van der Waals surface area contributed by atoms with E-state index in [4.69, 9.17) is 4.42 Å². The van der Waals surface area contributed by atoms with E-state index in [-0.39, 0.29) is 67.0 Å². The number of nitrogens with one attached hydrogen (secondary N) is 5. The summed E-state index contributed by atoms with van der Waals surface area (Å²) in [6.45, 7) is 0.944. The van der Waals surface area contributed by atoms with Gasteiger partial charge in [0.05, 0.1) is 117 Å². The Bertz CT molecular complexity index is 7160. The topological polar surface area (TPSA) is 325 Å². The molecule has 10 heterocycles. The Morgan fingerprint density at radius 3 is 0.917 bits per heavy atom. The molecule has 0 atom stereocenters. The number of hydrogen-bond donors (Lipinski definition) is 5. The maximum absolute atomic E-state index is 13.3. The first-order valence-electron chi connectivity index (χ1n) is 43.1. The molecule has 144 heavy (non-hydrogen) atoms. The first-order valence-corrected chi connectivity index (χ1v) is 43.1. The molecule has 10 aromatic carbocycles. The van der Waals surface area contributed by atoms with Gasteiger partial charge in [0.25, 0.3) is 29.5 Å². The highest BCUT2D eigenvalue weighted by molar-refractivity contribution is 6.11. The number of nitrogens with zero attached hydrogens (tertiary/aromatic N) is 16. The van der Waals surface area contributed by atoms with Gasteiger partial charge in [-0.3, -0.25) is 62.3 Å². The van der Waals surface area contributed by atoms with Crippen LogP contribution in [-0.2, 0) is 63.6 Å². The molecule has 5 amide bonds. The molecule has 0 fully saturated rings. The number of fused-ring (bicyclic) bond motifs is 5. The van der Waals surface area contributed by atoms with Gasteiger partial charge >= 0.3 is 30.9 Å². The summed E-state index contributed by atoms with van der Waals surface area (Å²) in [6.07, 6.45) is -6.41. The molecule has 20 rings (SSSR count). The standard InChI is InChI=1S/2C21H15F3N4O.2C20H14F3N5O.C20H14F3N3O2/c22-21(23,24)15-10-8-14(9-11-15)13-28-18-7-2-1-5-16(18)19(27-28)26-20(29)17-6-3-4-12-25-17;22-21(23,24)16-9-7-14(8-10-16)13-28-18-6-2-1-5-17(18)19(27-28)26-20(29)15-4-3-11-25-12-15;21-20(22,23)15-7-5-13(6-8-15)11-28-17-4-2-1-3-16(17)18(27-28)26-19(29)14-9-24-12-25-10-14;21-20(22,23)14-7-5-13(6-8-14)12-28-17-4-2-1-3-15(17)18(27-28)26-19(29)16-11-24-9-10-25-16;21-20(22,23)16-7-3-1-5-13(16)11-26-17-8-4-2-6-15(17)18(25-26)24-19(27)14-9-10-28-12-14/h2*1-12H,13H2,(H,26,27,29);1-10,12H,11H2,(H,26,27,29);1-11H,12H2,(H,26,27,29);1-10,12H,11H2,(H,24,25,27). The third-order valence-electron chi connectivity index (χ3n) is 21.8. The third-order valence-corrected chi connectivity index (χ3v) is 21.8. The molecule has 0 saturated heterocycles. The van der Waals surface area contributed by atoms with Crippen LogP contribution >= 0.6 is 0 Å². The molecule has 0 aliphatic heterocycles. The normalized spacial score (nSPS) is 11.6. The van der Waals surface area contributed by atoms with Gasteiger partial charge in [-0.25, -0.2) is 15.0 Å². The number of pyridine rings is 2. The minimum Gasteiger partial charge on any atom is -0.472 e. The van der Waals surface area contributed by atoms with Gasteiger partial charge in [0.15, 0.2) is 29.1 Å². The smallest absolute Gasteiger partial charge is 0.416 e. The number of para-hydroxylation sites is 5. The summed E-state index contributed by atoms with van der Waals surface area (Å²) in [5.41, 5.74) is 4.22. The second kappa shape index (κ2) is 42.9. The van der Waals surface area contributed by atoms with Crippen LogP contribution in [-0.4, -0.2) is 108 Å². The molecule has 0 aliphatic rings. The van der Waals surface area contributed by atoms with Gasteiger partial charge in [-0.1, -0.05) is 133 Å². The number of alkyl halides is 15. The fraction of sp³-hybridized carbons (Fsp3) is 0.0980. The molecule has 10 aromatic heterocycles. The lowest BCUT2D eigenvalue weighted by Gasteiger charge is -2.13. The number of benzene rings is 10. The summed E-state index contributed by atoms with van der Waals surface area (Å²) in [4.78, 5) is 85.4. The fourth-order valence-corrected chi connectivity index (χ4v) is 14.8.